The number of phosphoric ester groups is 1. The average molecular weight is 687 g/mol. The molecule has 1 amide bonds. The molecule has 9 heteroatoms. The highest BCUT2D eigenvalue weighted by molar-refractivity contribution is 7.45. The van der Waals surface area contributed by atoms with Crippen molar-refractivity contribution in [2.75, 3.05) is 40.9 Å². The van der Waals surface area contributed by atoms with E-state index in [2.05, 4.69) is 31.3 Å². The summed E-state index contributed by atoms with van der Waals surface area (Å²) in [5.41, 5.74) is 0. The number of quaternary nitrogens is 1. The van der Waals surface area contributed by atoms with Gasteiger partial charge in [-0.25, -0.2) is 0 Å². The van der Waals surface area contributed by atoms with Crippen LogP contribution in [-0.2, 0) is 18.4 Å². The van der Waals surface area contributed by atoms with Gasteiger partial charge >= 0.3 is 0 Å². The van der Waals surface area contributed by atoms with Crippen LogP contribution in [0.2, 0.25) is 0 Å². The van der Waals surface area contributed by atoms with E-state index in [-0.39, 0.29) is 19.1 Å². The van der Waals surface area contributed by atoms with Gasteiger partial charge in [-0.05, 0) is 32.1 Å². The average Bonchev–Trinajstić information content (AvgIpc) is 3.01. The Labute approximate surface area is 290 Å². The zero-order valence-electron chi connectivity index (χ0n) is 31.2. The SMILES string of the molecule is CCCCCCCCCCC/C=C/CC/C=C/[C@@H](O)[C@H](COP(=O)([O-])OCC[N+](C)(C)C)NC(=O)CCCCCCCCCCCC. The van der Waals surface area contributed by atoms with E-state index >= 15 is 0 Å². The molecule has 0 spiro atoms. The van der Waals surface area contributed by atoms with Crippen LogP contribution in [0.4, 0.5) is 0 Å². The van der Waals surface area contributed by atoms with Gasteiger partial charge in [0.05, 0.1) is 39.9 Å². The molecule has 0 aliphatic carbocycles. The summed E-state index contributed by atoms with van der Waals surface area (Å²) >= 11 is 0. The molecule has 0 aliphatic heterocycles. The first-order chi connectivity index (χ1) is 22.5. The number of aliphatic hydroxyl groups excluding tert-OH is 1. The Kier molecular flexibility index (Phi) is 30.3. The monoisotopic (exact) mass is 687 g/mol. The molecule has 0 aromatic rings. The normalized spacial score (nSPS) is 15.0. The number of likely N-dealkylation sites (N-methyl/N-ethyl adjacent to an activating group) is 1. The molecule has 8 nitrogen and oxygen atoms in total. The number of aliphatic hydroxyl groups is 1. The van der Waals surface area contributed by atoms with Crippen LogP contribution >= 0.6 is 7.82 Å². The van der Waals surface area contributed by atoms with Gasteiger partial charge in [0.1, 0.15) is 13.2 Å². The molecule has 0 radical (unpaired) electrons. The molecule has 0 saturated carbocycles. The van der Waals surface area contributed by atoms with Crippen molar-refractivity contribution in [2.45, 2.75) is 174 Å². The van der Waals surface area contributed by atoms with E-state index in [9.17, 15) is 19.4 Å². The maximum absolute atomic E-state index is 12.7. The lowest BCUT2D eigenvalue weighted by Gasteiger charge is -2.29. The number of rotatable bonds is 34. The fourth-order valence-corrected chi connectivity index (χ4v) is 6.01. The molecule has 0 aliphatic rings. The smallest absolute Gasteiger partial charge is 0.268 e. The van der Waals surface area contributed by atoms with Crippen LogP contribution in [-0.4, -0.2) is 68.5 Å². The first-order valence-corrected chi connectivity index (χ1v) is 20.7. The van der Waals surface area contributed by atoms with E-state index in [1.165, 1.54) is 103 Å². The van der Waals surface area contributed by atoms with E-state index in [4.69, 9.17) is 9.05 Å². The summed E-state index contributed by atoms with van der Waals surface area (Å²) in [4.78, 5) is 25.1. The second kappa shape index (κ2) is 31.0. The molecule has 0 aromatic heterocycles. The van der Waals surface area contributed by atoms with Gasteiger partial charge in [0, 0.05) is 6.42 Å². The van der Waals surface area contributed by atoms with Crippen LogP contribution in [0.5, 0.6) is 0 Å². The van der Waals surface area contributed by atoms with Crippen LogP contribution in [0.3, 0.4) is 0 Å². The predicted octanol–water partition coefficient (Wildman–Crippen LogP) is 9.16. The molecular formula is C38H75N2O6P. The van der Waals surface area contributed by atoms with Gasteiger partial charge < -0.3 is 28.8 Å². The van der Waals surface area contributed by atoms with E-state index in [0.717, 1.165) is 38.5 Å². The topological polar surface area (TPSA) is 108 Å². The van der Waals surface area contributed by atoms with Crippen LogP contribution in [0.25, 0.3) is 0 Å². The first kappa shape index (κ1) is 46.0. The zero-order chi connectivity index (χ0) is 35.1. The number of hydrogen-bond donors (Lipinski definition) is 2. The number of phosphoric acid groups is 1. The lowest BCUT2D eigenvalue weighted by atomic mass is 10.1. The summed E-state index contributed by atoms with van der Waals surface area (Å²) in [6.07, 6.45) is 33.6. The third kappa shape index (κ3) is 33.3. The van der Waals surface area contributed by atoms with Gasteiger partial charge in [-0.15, -0.1) is 0 Å². The molecule has 0 heterocycles. The lowest BCUT2D eigenvalue weighted by molar-refractivity contribution is -0.870. The number of carbonyl (C=O) groups excluding carboxylic acids is 1. The fourth-order valence-electron chi connectivity index (χ4n) is 5.28. The highest BCUT2D eigenvalue weighted by Gasteiger charge is 2.23. The van der Waals surface area contributed by atoms with E-state index in [0.29, 0.717) is 17.4 Å². The molecule has 0 saturated heterocycles. The predicted molar refractivity (Wildman–Crippen MR) is 196 cm³/mol. The maximum Gasteiger partial charge on any atom is 0.268 e. The van der Waals surface area contributed by atoms with Crippen LogP contribution in [0, 0.1) is 0 Å². The van der Waals surface area contributed by atoms with Crippen molar-refractivity contribution >= 4 is 13.7 Å². The quantitative estimate of drug-likeness (QED) is 0.0303. The first-order valence-electron chi connectivity index (χ1n) is 19.2. The number of unbranched alkanes of at least 4 members (excludes halogenated alkanes) is 19. The van der Waals surface area contributed by atoms with E-state index < -0.39 is 20.0 Å². The molecular weight excluding hydrogens is 611 g/mol. The van der Waals surface area contributed by atoms with Crippen molar-refractivity contribution in [2.24, 2.45) is 0 Å². The van der Waals surface area contributed by atoms with Gasteiger partial charge in [0.2, 0.25) is 5.91 Å². The van der Waals surface area contributed by atoms with Gasteiger partial charge in [-0.1, -0.05) is 147 Å². The summed E-state index contributed by atoms with van der Waals surface area (Å²) in [5.74, 6) is -0.211. The van der Waals surface area contributed by atoms with Crippen LogP contribution in [0.1, 0.15) is 162 Å². The number of nitrogens with zero attached hydrogens (tertiary/aromatic N) is 1. The molecule has 278 valence electrons. The van der Waals surface area contributed by atoms with Gasteiger partial charge in [-0.2, -0.15) is 0 Å². The molecule has 47 heavy (non-hydrogen) atoms. The molecule has 1 unspecified atom stereocenters. The fraction of sp³-hybridized carbons (Fsp3) is 0.868. The minimum absolute atomic E-state index is 0.00482. The largest absolute Gasteiger partial charge is 0.756 e. The lowest BCUT2D eigenvalue weighted by Crippen LogP contribution is -2.45. The second-order valence-corrected chi connectivity index (χ2v) is 15.7. The van der Waals surface area contributed by atoms with Gasteiger partial charge in [-0.3, -0.25) is 9.36 Å². The minimum Gasteiger partial charge on any atom is -0.756 e. The Morgan fingerprint density at radius 1 is 0.723 bits per heavy atom. The molecule has 0 aromatic carbocycles. The summed E-state index contributed by atoms with van der Waals surface area (Å²) in [5, 5.41) is 13.7. The second-order valence-electron chi connectivity index (χ2n) is 14.3. The van der Waals surface area contributed by atoms with Crippen molar-refractivity contribution in [3.63, 3.8) is 0 Å². The number of nitrogens with one attached hydrogen (secondary N) is 1. The summed E-state index contributed by atoms with van der Waals surface area (Å²) in [6, 6.07) is -0.895. The summed E-state index contributed by atoms with van der Waals surface area (Å²) in [6.45, 7) is 4.58. The number of allylic oxidation sites excluding steroid dienone is 3. The standard InChI is InChI=1S/C38H75N2O6P/c1-6-8-10-12-14-16-18-19-20-21-22-23-25-27-29-31-37(41)36(35-46-47(43,44)45-34-33-40(3,4)5)39-38(42)32-30-28-26-24-17-15-13-11-9-7-2/h22-23,29,31,36-37,41H,6-21,24-28,30,32-35H2,1-5H3,(H-,39,42,43,44)/b23-22+,31-29+/t36-,37+/m0/s1. The zero-order valence-corrected chi connectivity index (χ0v) is 32.1. The van der Waals surface area contributed by atoms with E-state index in [1.807, 2.05) is 27.2 Å². The van der Waals surface area contributed by atoms with Crippen molar-refractivity contribution in [1.82, 2.24) is 5.32 Å². The van der Waals surface area contributed by atoms with Crippen LogP contribution in [0.15, 0.2) is 24.3 Å². The van der Waals surface area contributed by atoms with Crippen molar-refractivity contribution in [1.29, 1.82) is 0 Å². The van der Waals surface area contributed by atoms with Gasteiger partial charge in [0.25, 0.3) is 7.82 Å². The molecule has 0 bridgehead atoms. The third-order valence-electron chi connectivity index (χ3n) is 8.41. The minimum atomic E-state index is -4.58. The Bertz CT molecular complexity index is 829. The molecule has 3 atom stereocenters. The van der Waals surface area contributed by atoms with Crippen molar-refractivity contribution in [3.05, 3.63) is 24.3 Å². The van der Waals surface area contributed by atoms with Gasteiger partial charge in [0.15, 0.2) is 0 Å². The van der Waals surface area contributed by atoms with Crippen LogP contribution < -0.4 is 10.2 Å². The molecule has 2 N–H and O–H groups in total. The Morgan fingerprint density at radius 3 is 1.72 bits per heavy atom. The Hall–Kier alpha value is -1.02. The van der Waals surface area contributed by atoms with E-state index in [1.54, 1.807) is 6.08 Å². The summed E-state index contributed by atoms with van der Waals surface area (Å²) < 4.78 is 23.0. The third-order valence-corrected chi connectivity index (χ3v) is 9.38. The Balaban J connectivity index is 4.58. The molecule has 0 fully saturated rings. The van der Waals surface area contributed by atoms with Crippen molar-refractivity contribution in [3.8, 4) is 0 Å². The highest BCUT2D eigenvalue weighted by atomic mass is 31.2. The number of hydrogen-bond acceptors (Lipinski definition) is 6. The maximum atomic E-state index is 12.7. The highest BCUT2D eigenvalue weighted by Crippen LogP contribution is 2.38. The number of carbonyl (C=O) groups is 1. The van der Waals surface area contributed by atoms with Crippen molar-refractivity contribution < 1.29 is 32.9 Å². The Morgan fingerprint density at radius 2 is 1.19 bits per heavy atom. The number of amides is 1. The summed E-state index contributed by atoms with van der Waals surface area (Å²) in [7, 11) is 1.24. The molecule has 0 rings (SSSR count).